The van der Waals surface area contributed by atoms with Crippen LogP contribution in [0.2, 0.25) is 0 Å². The molecule has 2 unspecified atom stereocenters. The predicted molar refractivity (Wildman–Crippen MR) is 78.6 cm³/mol. The lowest BCUT2D eigenvalue weighted by Crippen LogP contribution is -2.49. The SMILES string of the molecule is CCC1(C(=O)O)CCN(C(=O)N(C)C(C)C(C)(C)C)C1. The van der Waals surface area contributed by atoms with Crippen molar-refractivity contribution in [2.24, 2.45) is 10.8 Å². The van der Waals surface area contributed by atoms with Gasteiger partial charge in [-0.2, -0.15) is 0 Å². The lowest BCUT2D eigenvalue weighted by atomic mass is 9.84. The third-order valence-corrected chi connectivity index (χ3v) is 4.89. The number of amides is 2. The Morgan fingerprint density at radius 3 is 2.30 bits per heavy atom. The van der Waals surface area contributed by atoms with Crippen molar-refractivity contribution in [3.05, 3.63) is 0 Å². The largest absolute Gasteiger partial charge is 0.481 e. The van der Waals surface area contributed by atoms with Crippen LogP contribution in [0.25, 0.3) is 0 Å². The van der Waals surface area contributed by atoms with E-state index in [-0.39, 0.29) is 17.5 Å². The summed E-state index contributed by atoms with van der Waals surface area (Å²) < 4.78 is 0. The first-order chi connectivity index (χ1) is 9.05. The second-order valence-corrected chi connectivity index (χ2v) is 7.05. The second kappa shape index (κ2) is 5.62. The molecule has 0 aliphatic carbocycles. The minimum atomic E-state index is -0.790. The zero-order valence-electron chi connectivity index (χ0n) is 13.6. The molecule has 5 heteroatoms. The van der Waals surface area contributed by atoms with Gasteiger partial charge in [-0.25, -0.2) is 4.79 Å². The van der Waals surface area contributed by atoms with E-state index < -0.39 is 11.4 Å². The molecule has 1 rings (SSSR count). The highest BCUT2D eigenvalue weighted by molar-refractivity contribution is 5.79. The maximum absolute atomic E-state index is 12.5. The van der Waals surface area contributed by atoms with Crippen LogP contribution in [0.5, 0.6) is 0 Å². The fraction of sp³-hybridized carbons (Fsp3) is 0.867. The first-order valence-corrected chi connectivity index (χ1v) is 7.30. The number of nitrogens with zero attached hydrogens (tertiary/aromatic N) is 2. The Labute approximate surface area is 121 Å². The number of hydrogen-bond donors (Lipinski definition) is 1. The molecule has 1 fully saturated rings. The van der Waals surface area contributed by atoms with Crippen molar-refractivity contribution in [3.8, 4) is 0 Å². The van der Waals surface area contributed by atoms with Gasteiger partial charge < -0.3 is 14.9 Å². The van der Waals surface area contributed by atoms with Crippen molar-refractivity contribution in [1.29, 1.82) is 0 Å². The maximum atomic E-state index is 12.5. The highest BCUT2D eigenvalue weighted by Gasteiger charge is 2.45. The summed E-state index contributed by atoms with van der Waals surface area (Å²) in [5.41, 5.74) is -0.764. The van der Waals surface area contributed by atoms with Gasteiger partial charge in [0.1, 0.15) is 0 Å². The number of carbonyl (C=O) groups excluding carboxylic acids is 1. The van der Waals surface area contributed by atoms with Gasteiger partial charge in [-0.1, -0.05) is 27.7 Å². The third-order valence-electron chi connectivity index (χ3n) is 4.89. The average molecular weight is 284 g/mol. The Balaban J connectivity index is 2.79. The van der Waals surface area contributed by atoms with Gasteiger partial charge in [-0.05, 0) is 25.2 Å². The Hall–Kier alpha value is -1.26. The molecule has 1 saturated heterocycles. The maximum Gasteiger partial charge on any atom is 0.320 e. The van der Waals surface area contributed by atoms with E-state index in [0.29, 0.717) is 25.9 Å². The van der Waals surface area contributed by atoms with Crippen LogP contribution < -0.4 is 0 Å². The van der Waals surface area contributed by atoms with Gasteiger partial charge >= 0.3 is 12.0 Å². The molecule has 1 heterocycles. The molecule has 0 radical (unpaired) electrons. The van der Waals surface area contributed by atoms with Gasteiger partial charge in [0.2, 0.25) is 0 Å². The molecule has 20 heavy (non-hydrogen) atoms. The summed E-state index contributed by atoms with van der Waals surface area (Å²) in [5, 5.41) is 9.39. The summed E-state index contributed by atoms with van der Waals surface area (Å²) in [6.07, 6.45) is 1.10. The first kappa shape index (κ1) is 16.8. The summed E-state index contributed by atoms with van der Waals surface area (Å²) in [7, 11) is 1.80. The Kier molecular flexibility index (Phi) is 4.72. The van der Waals surface area contributed by atoms with Crippen molar-refractivity contribution in [1.82, 2.24) is 9.80 Å². The summed E-state index contributed by atoms with van der Waals surface area (Å²) in [5.74, 6) is -0.790. The van der Waals surface area contributed by atoms with Gasteiger partial charge in [0, 0.05) is 26.2 Å². The van der Waals surface area contributed by atoms with E-state index in [1.54, 1.807) is 16.8 Å². The summed E-state index contributed by atoms with van der Waals surface area (Å²) >= 11 is 0. The van der Waals surface area contributed by atoms with Crippen molar-refractivity contribution in [2.45, 2.75) is 53.5 Å². The van der Waals surface area contributed by atoms with E-state index in [4.69, 9.17) is 0 Å². The van der Waals surface area contributed by atoms with Crippen molar-refractivity contribution < 1.29 is 14.7 Å². The van der Waals surface area contributed by atoms with E-state index in [2.05, 4.69) is 20.8 Å². The molecule has 1 N–H and O–H groups in total. The summed E-state index contributed by atoms with van der Waals surface area (Å²) in [4.78, 5) is 27.4. The van der Waals surface area contributed by atoms with Crippen LogP contribution in [0.15, 0.2) is 0 Å². The van der Waals surface area contributed by atoms with E-state index in [1.165, 1.54) is 0 Å². The molecule has 116 valence electrons. The lowest BCUT2D eigenvalue weighted by Gasteiger charge is -2.37. The minimum absolute atomic E-state index is 0.00121. The second-order valence-electron chi connectivity index (χ2n) is 7.05. The number of likely N-dealkylation sites (tertiary alicyclic amines) is 1. The fourth-order valence-corrected chi connectivity index (χ4v) is 2.62. The van der Waals surface area contributed by atoms with E-state index in [9.17, 15) is 14.7 Å². The molecule has 0 aromatic heterocycles. The van der Waals surface area contributed by atoms with E-state index >= 15 is 0 Å². The molecule has 0 bridgehead atoms. The number of carbonyl (C=O) groups is 2. The number of aliphatic carboxylic acids is 1. The molecule has 1 aliphatic heterocycles. The highest BCUT2D eigenvalue weighted by atomic mass is 16.4. The Morgan fingerprint density at radius 2 is 1.95 bits per heavy atom. The number of rotatable bonds is 3. The van der Waals surface area contributed by atoms with Crippen LogP contribution >= 0.6 is 0 Å². The number of urea groups is 1. The van der Waals surface area contributed by atoms with Crippen LogP contribution in [0.4, 0.5) is 4.79 Å². The van der Waals surface area contributed by atoms with Gasteiger partial charge in [-0.15, -0.1) is 0 Å². The summed E-state index contributed by atoms with van der Waals surface area (Å²) in [6, 6.07) is 0.0282. The third kappa shape index (κ3) is 3.07. The molecular formula is C15H28N2O3. The molecule has 0 saturated carbocycles. The van der Waals surface area contributed by atoms with Gasteiger partial charge in [0.15, 0.2) is 0 Å². The molecule has 2 amide bonds. The van der Waals surface area contributed by atoms with E-state index in [1.807, 2.05) is 13.8 Å². The molecule has 0 aromatic rings. The Bertz CT molecular complexity index is 389. The van der Waals surface area contributed by atoms with Crippen LogP contribution in [0.1, 0.15) is 47.5 Å². The van der Waals surface area contributed by atoms with Crippen LogP contribution in [0.3, 0.4) is 0 Å². The van der Waals surface area contributed by atoms with E-state index in [0.717, 1.165) is 0 Å². The van der Waals surface area contributed by atoms with Crippen molar-refractivity contribution >= 4 is 12.0 Å². The molecule has 5 nitrogen and oxygen atoms in total. The number of hydrogen-bond acceptors (Lipinski definition) is 2. The van der Waals surface area contributed by atoms with Crippen LogP contribution in [-0.4, -0.2) is 53.1 Å². The average Bonchev–Trinajstić information content (AvgIpc) is 2.80. The quantitative estimate of drug-likeness (QED) is 0.866. The normalized spacial score (nSPS) is 24.6. The van der Waals surface area contributed by atoms with Gasteiger partial charge in [0.05, 0.1) is 5.41 Å². The van der Waals surface area contributed by atoms with Gasteiger partial charge in [-0.3, -0.25) is 4.79 Å². The minimum Gasteiger partial charge on any atom is -0.481 e. The molecular weight excluding hydrogens is 256 g/mol. The highest BCUT2D eigenvalue weighted by Crippen LogP contribution is 2.35. The van der Waals surface area contributed by atoms with Gasteiger partial charge in [0.25, 0.3) is 0 Å². The summed E-state index contributed by atoms with van der Waals surface area (Å²) in [6.45, 7) is 11.0. The lowest BCUT2D eigenvalue weighted by molar-refractivity contribution is -0.148. The Morgan fingerprint density at radius 1 is 1.40 bits per heavy atom. The molecule has 2 atom stereocenters. The molecule has 0 aromatic carbocycles. The fourth-order valence-electron chi connectivity index (χ4n) is 2.62. The van der Waals surface area contributed by atoms with Crippen molar-refractivity contribution in [2.75, 3.05) is 20.1 Å². The molecule has 0 spiro atoms. The monoisotopic (exact) mass is 284 g/mol. The first-order valence-electron chi connectivity index (χ1n) is 7.30. The number of carboxylic acid groups (broad SMARTS) is 1. The standard InChI is InChI=1S/C15H28N2O3/c1-7-15(12(18)19)8-9-17(10-15)13(20)16(6)11(2)14(3,4)5/h11H,7-10H2,1-6H3,(H,18,19). The zero-order valence-corrected chi connectivity index (χ0v) is 13.6. The number of carboxylic acids is 1. The smallest absolute Gasteiger partial charge is 0.320 e. The zero-order chi connectivity index (χ0) is 15.7. The van der Waals surface area contributed by atoms with Crippen LogP contribution in [0, 0.1) is 10.8 Å². The van der Waals surface area contributed by atoms with Crippen LogP contribution in [-0.2, 0) is 4.79 Å². The topological polar surface area (TPSA) is 60.9 Å². The molecule has 1 aliphatic rings. The predicted octanol–water partition coefficient (Wildman–Crippen LogP) is 2.66. The van der Waals surface area contributed by atoms with Crippen molar-refractivity contribution in [3.63, 3.8) is 0 Å².